The van der Waals surface area contributed by atoms with E-state index in [0.29, 0.717) is 25.4 Å². The van der Waals surface area contributed by atoms with Crippen LogP contribution < -0.4 is 4.90 Å². The summed E-state index contributed by atoms with van der Waals surface area (Å²) in [5.74, 6) is -0.296. The second-order valence-corrected chi connectivity index (χ2v) is 6.10. The molecule has 1 aliphatic heterocycles. The number of hydrogen-bond acceptors (Lipinski definition) is 6. The van der Waals surface area contributed by atoms with Crippen LogP contribution in [0.5, 0.6) is 0 Å². The van der Waals surface area contributed by atoms with Gasteiger partial charge in [-0.25, -0.2) is 14.4 Å². The SMILES string of the molecule is Fc1ccccc1-c1nnc(C2CCN(c3nccc(C(F)(F)F)n3)C2)o1. The monoisotopic (exact) mass is 379 g/mol. The second kappa shape index (κ2) is 6.60. The van der Waals surface area contributed by atoms with Crippen molar-refractivity contribution in [1.29, 1.82) is 0 Å². The van der Waals surface area contributed by atoms with Gasteiger partial charge in [0.15, 0.2) is 0 Å². The molecule has 0 bridgehead atoms. The van der Waals surface area contributed by atoms with Crippen molar-refractivity contribution in [3.8, 4) is 11.5 Å². The molecular formula is C17H13F4N5O. The van der Waals surface area contributed by atoms with Gasteiger partial charge < -0.3 is 9.32 Å². The Morgan fingerprint density at radius 1 is 1.11 bits per heavy atom. The topological polar surface area (TPSA) is 67.9 Å². The fourth-order valence-corrected chi connectivity index (χ4v) is 2.95. The van der Waals surface area contributed by atoms with Gasteiger partial charge >= 0.3 is 6.18 Å². The van der Waals surface area contributed by atoms with Gasteiger partial charge in [0.25, 0.3) is 5.89 Å². The van der Waals surface area contributed by atoms with Crippen LogP contribution in [0.25, 0.3) is 11.5 Å². The quantitative estimate of drug-likeness (QED) is 0.647. The Labute approximate surface area is 150 Å². The summed E-state index contributed by atoms with van der Waals surface area (Å²) >= 11 is 0. The summed E-state index contributed by atoms with van der Waals surface area (Å²) in [6, 6.07) is 6.87. The molecule has 3 heterocycles. The molecule has 1 atom stereocenters. The normalized spacial score (nSPS) is 17.5. The van der Waals surface area contributed by atoms with E-state index in [1.807, 2.05) is 0 Å². The molecule has 1 fully saturated rings. The van der Waals surface area contributed by atoms with Crippen molar-refractivity contribution < 1.29 is 22.0 Å². The molecule has 1 saturated heterocycles. The lowest BCUT2D eigenvalue weighted by Crippen LogP contribution is -2.23. The Morgan fingerprint density at radius 2 is 1.93 bits per heavy atom. The number of alkyl halides is 3. The molecule has 2 aromatic heterocycles. The van der Waals surface area contributed by atoms with Crippen molar-refractivity contribution in [3.63, 3.8) is 0 Å². The third-order valence-corrected chi connectivity index (χ3v) is 4.30. The molecule has 27 heavy (non-hydrogen) atoms. The first-order valence-corrected chi connectivity index (χ1v) is 8.15. The Morgan fingerprint density at radius 3 is 2.70 bits per heavy atom. The molecule has 1 unspecified atom stereocenters. The summed E-state index contributed by atoms with van der Waals surface area (Å²) in [6.07, 6.45) is -2.86. The first-order valence-electron chi connectivity index (χ1n) is 8.15. The summed E-state index contributed by atoms with van der Waals surface area (Å²) in [7, 11) is 0. The van der Waals surface area contributed by atoms with Crippen LogP contribution in [0.15, 0.2) is 40.9 Å². The minimum atomic E-state index is -4.53. The van der Waals surface area contributed by atoms with E-state index in [9.17, 15) is 17.6 Å². The van der Waals surface area contributed by atoms with Crippen LogP contribution in [0.2, 0.25) is 0 Å². The van der Waals surface area contributed by atoms with Gasteiger partial charge in [-0.3, -0.25) is 0 Å². The van der Waals surface area contributed by atoms with Crippen molar-refractivity contribution in [1.82, 2.24) is 20.2 Å². The van der Waals surface area contributed by atoms with E-state index in [4.69, 9.17) is 4.42 Å². The highest BCUT2D eigenvalue weighted by molar-refractivity contribution is 5.53. The third kappa shape index (κ3) is 3.46. The van der Waals surface area contributed by atoms with Crippen molar-refractivity contribution in [2.45, 2.75) is 18.5 Å². The lowest BCUT2D eigenvalue weighted by Gasteiger charge is -2.16. The third-order valence-electron chi connectivity index (χ3n) is 4.30. The summed E-state index contributed by atoms with van der Waals surface area (Å²) in [6.45, 7) is 0.781. The molecule has 140 valence electrons. The zero-order chi connectivity index (χ0) is 19.0. The molecule has 0 N–H and O–H groups in total. The van der Waals surface area contributed by atoms with Crippen molar-refractivity contribution in [2.75, 3.05) is 18.0 Å². The predicted octanol–water partition coefficient (Wildman–Crippen LogP) is 3.68. The summed E-state index contributed by atoms with van der Waals surface area (Å²) in [5, 5.41) is 7.85. The maximum absolute atomic E-state index is 13.8. The van der Waals surface area contributed by atoms with E-state index >= 15 is 0 Å². The summed E-state index contributed by atoms with van der Waals surface area (Å²) < 4.78 is 57.9. The molecular weight excluding hydrogens is 366 g/mol. The van der Waals surface area contributed by atoms with E-state index in [1.165, 1.54) is 12.1 Å². The maximum atomic E-state index is 13.8. The molecule has 1 aromatic carbocycles. The van der Waals surface area contributed by atoms with Gasteiger partial charge in [0.05, 0.1) is 11.5 Å². The zero-order valence-electron chi connectivity index (χ0n) is 13.8. The highest BCUT2D eigenvalue weighted by Gasteiger charge is 2.35. The second-order valence-electron chi connectivity index (χ2n) is 6.10. The molecule has 0 amide bonds. The van der Waals surface area contributed by atoms with Gasteiger partial charge in [0.2, 0.25) is 11.8 Å². The van der Waals surface area contributed by atoms with Gasteiger partial charge in [-0.1, -0.05) is 12.1 Å². The summed E-state index contributed by atoms with van der Waals surface area (Å²) in [5.41, 5.74) is -0.789. The van der Waals surface area contributed by atoms with E-state index in [0.717, 1.165) is 12.3 Å². The molecule has 10 heteroatoms. The minimum absolute atomic E-state index is 0.00108. The first kappa shape index (κ1) is 17.4. The number of nitrogens with zero attached hydrogens (tertiary/aromatic N) is 5. The number of benzene rings is 1. The zero-order valence-corrected chi connectivity index (χ0v) is 13.8. The van der Waals surface area contributed by atoms with E-state index in [1.54, 1.807) is 17.0 Å². The van der Waals surface area contributed by atoms with E-state index in [-0.39, 0.29) is 23.3 Å². The molecule has 0 spiro atoms. The molecule has 0 radical (unpaired) electrons. The Balaban J connectivity index is 1.52. The Bertz CT molecular complexity index is 958. The number of anilines is 1. The number of rotatable bonds is 3. The van der Waals surface area contributed by atoms with Crippen LogP contribution in [0.4, 0.5) is 23.5 Å². The van der Waals surface area contributed by atoms with Crippen LogP contribution in [-0.4, -0.2) is 33.3 Å². The van der Waals surface area contributed by atoms with Crippen LogP contribution in [0, 0.1) is 5.82 Å². The average molecular weight is 379 g/mol. The molecule has 4 rings (SSSR count). The number of aromatic nitrogens is 4. The maximum Gasteiger partial charge on any atom is 0.433 e. The van der Waals surface area contributed by atoms with Crippen LogP contribution in [-0.2, 0) is 6.18 Å². The fourth-order valence-electron chi connectivity index (χ4n) is 2.95. The molecule has 1 aliphatic rings. The van der Waals surface area contributed by atoms with Crippen LogP contribution in [0.3, 0.4) is 0 Å². The van der Waals surface area contributed by atoms with Crippen molar-refractivity contribution >= 4 is 5.95 Å². The lowest BCUT2D eigenvalue weighted by molar-refractivity contribution is -0.141. The lowest BCUT2D eigenvalue weighted by atomic mass is 10.1. The van der Waals surface area contributed by atoms with Gasteiger partial charge in [0, 0.05) is 19.3 Å². The average Bonchev–Trinajstić information content (AvgIpc) is 3.31. The van der Waals surface area contributed by atoms with E-state index < -0.39 is 17.7 Å². The molecule has 6 nitrogen and oxygen atoms in total. The first-order chi connectivity index (χ1) is 12.9. The van der Waals surface area contributed by atoms with Gasteiger partial charge in [0.1, 0.15) is 11.5 Å². The highest BCUT2D eigenvalue weighted by atomic mass is 19.4. The fraction of sp³-hybridized carbons (Fsp3) is 0.294. The molecule has 3 aromatic rings. The highest BCUT2D eigenvalue weighted by Crippen LogP contribution is 2.32. The van der Waals surface area contributed by atoms with Gasteiger partial charge in [-0.2, -0.15) is 13.2 Å². The number of halogens is 4. The Hall–Kier alpha value is -3.04. The van der Waals surface area contributed by atoms with Gasteiger partial charge in [-0.05, 0) is 24.6 Å². The smallest absolute Gasteiger partial charge is 0.420 e. The van der Waals surface area contributed by atoms with Crippen molar-refractivity contribution in [3.05, 3.63) is 53.9 Å². The number of hydrogen-bond donors (Lipinski definition) is 0. The predicted molar refractivity (Wildman–Crippen MR) is 86.3 cm³/mol. The van der Waals surface area contributed by atoms with Crippen LogP contribution >= 0.6 is 0 Å². The largest absolute Gasteiger partial charge is 0.433 e. The molecule has 0 aliphatic carbocycles. The Kier molecular flexibility index (Phi) is 4.25. The van der Waals surface area contributed by atoms with E-state index in [2.05, 4.69) is 20.2 Å². The minimum Gasteiger partial charge on any atom is -0.420 e. The summed E-state index contributed by atoms with van der Waals surface area (Å²) in [4.78, 5) is 9.15. The van der Waals surface area contributed by atoms with Crippen molar-refractivity contribution in [2.24, 2.45) is 0 Å². The molecule has 0 saturated carbocycles. The van der Waals surface area contributed by atoms with Crippen LogP contribution in [0.1, 0.15) is 23.9 Å². The van der Waals surface area contributed by atoms with Gasteiger partial charge in [-0.15, -0.1) is 10.2 Å². The standard InChI is InChI=1S/C17H13F4N5O/c18-12-4-2-1-3-11(12)15-25-24-14(27-15)10-6-8-26(9-10)16-22-7-5-13(23-16)17(19,20)21/h1-5,7,10H,6,8-9H2.